The number of aromatic nitrogens is 1. The number of amides is 1. The summed E-state index contributed by atoms with van der Waals surface area (Å²) in [6.07, 6.45) is 0. The van der Waals surface area contributed by atoms with E-state index in [1.807, 2.05) is 0 Å². The second-order valence-corrected chi connectivity index (χ2v) is 8.05. The molecule has 146 valence electrons. The van der Waals surface area contributed by atoms with Crippen molar-refractivity contribution in [3.05, 3.63) is 76.4 Å². The molecule has 8 heteroatoms. The molecule has 0 radical (unpaired) electrons. The first-order valence-electron chi connectivity index (χ1n) is 8.49. The zero-order valence-electron chi connectivity index (χ0n) is 15.1. The van der Waals surface area contributed by atoms with Gasteiger partial charge in [0, 0.05) is 27.9 Å². The molecule has 0 saturated heterocycles. The van der Waals surface area contributed by atoms with Crippen molar-refractivity contribution in [3.8, 4) is 11.5 Å². The van der Waals surface area contributed by atoms with Crippen LogP contribution in [0.15, 0.2) is 52.9 Å². The van der Waals surface area contributed by atoms with Gasteiger partial charge in [-0.1, -0.05) is 23.7 Å². The van der Waals surface area contributed by atoms with E-state index in [4.69, 9.17) is 16.0 Å². The van der Waals surface area contributed by atoms with Gasteiger partial charge in [-0.25, -0.2) is 9.37 Å². The highest BCUT2D eigenvalue weighted by atomic mass is 35.5. The Morgan fingerprint density at radius 1 is 1.18 bits per heavy atom. The Labute approximate surface area is 169 Å². The van der Waals surface area contributed by atoms with Crippen LogP contribution in [0.4, 0.5) is 4.39 Å². The summed E-state index contributed by atoms with van der Waals surface area (Å²) in [4.78, 5) is 16.4. The van der Waals surface area contributed by atoms with Crippen LogP contribution in [0.2, 0.25) is 5.02 Å². The highest BCUT2D eigenvalue weighted by Gasteiger charge is 2.16. The van der Waals surface area contributed by atoms with Crippen molar-refractivity contribution in [2.24, 2.45) is 0 Å². The fraction of sp³-hybridized carbons (Fsp3) is 0.200. The molecule has 3 rings (SSSR count). The molecule has 0 aliphatic heterocycles. The van der Waals surface area contributed by atoms with Crippen molar-refractivity contribution >= 4 is 28.3 Å². The molecule has 1 amide bonds. The number of nitrogens with zero attached hydrogens (tertiary/aromatic N) is 1. The molecule has 0 saturated carbocycles. The molecule has 1 atom stereocenters. The lowest BCUT2D eigenvalue weighted by molar-refractivity contribution is -0.118. The Bertz CT molecular complexity index is 988. The van der Waals surface area contributed by atoms with E-state index >= 15 is 0 Å². The minimum atomic E-state index is -1.44. The van der Waals surface area contributed by atoms with Crippen LogP contribution >= 0.6 is 11.6 Å². The predicted molar refractivity (Wildman–Crippen MR) is 107 cm³/mol. The predicted octanol–water partition coefficient (Wildman–Crippen LogP) is 4.01. The van der Waals surface area contributed by atoms with Gasteiger partial charge in [-0.3, -0.25) is 9.00 Å². The van der Waals surface area contributed by atoms with Gasteiger partial charge in [-0.15, -0.1) is 0 Å². The highest BCUT2D eigenvalue weighted by Crippen LogP contribution is 2.24. The van der Waals surface area contributed by atoms with Crippen LogP contribution < -0.4 is 5.32 Å². The molecular weight excluding hydrogens is 403 g/mol. The lowest BCUT2D eigenvalue weighted by Crippen LogP contribution is -2.28. The number of oxazole rings is 1. The Morgan fingerprint density at radius 2 is 1.86 bits per heavy atom. The standard InChI is InChI=1S/C20H18ClFN2O3S/c1-13-18(24-20(27-13)15-4-6-16(21)7-5-15)11-28(26)12-19(25)23-10-14-2-8-17(22)9-3-14/h2-9H,10-12H2,1H3,(H,23,25)/t28-/m0/s1. The summed E-state index contributed by atoms with van der Waals surface area (Å²) in [6, 6.07) is 12.9. The van der Waals surface area contributed by atoms with Gasteiger partial charge < -0.3 is 9.73 Å². The van der Waals surface area contributed by atoms with Crippen LogP contribution in [0.1, 0.15) is 17.0 Å². The molecule has 2 aromatic carbocycles. The van der Waals surface area contributed by atoms with Crippen molar-refractivity contribution in [3.63, 3.8) is 0 Å². The number of carbonyl (C=O) groups is 1. The molecule has 0 unspecified atom stereocenters. The Morgan fingerprint density at radius 3 is 2.54 bits per heavy atom. The number of hydrogen-bond acceptors (Lipinski definition) is 4. The van der Waals surface area contributed by atoms with Gasteiger partial charge in [-0.05, 0) is 48.9 Å². The van der Waals surface area contributed by atoms with Crippen molar-refractivity contribution in [1.82, 2.24) is 10.3 Å². The molecule has 0 aliphatic rings. The summed E-state index contributed by atoms with van der Waals surface area (Å²) in [7, 11) is -1.44. The van der Waals surface area contributed by atoms with Gasteiger partial charge in [-0.2, -0.15) is 0 Å². The van der Waals surface area contributed by atoms with Crippen LogP contribution in [-0.2, 0) is 27.9 Å². The molecule has 0 spiro atoms. The van der Waals surface area contributed by atoms with E-state index in [1.54, 1.807) is 43.3 Å². The van der Waals surface area contributed by atoms with Gasteiger partial charge >= 0.3 is 0 Å². The minimum Gasteiger partial charge on any atom is -0.441 e. The van der Waals surface area contributed by atoms with Gasteiger partial charge in [0.1, 0.15) is 17.3 Å². The average molecular weight is 421 g/mol. The van der Waals surface area contributed by atoms with Crippen LogP contribution in [-0.4, -0.2) is 20.9 Å². The van der Waals surface area contributed by atoms with Gasteiger partial charge in [0.25, 0.3) is 0 Å². The second-order valence-electron chi connectivity index (χ2n) is 6.16. The van der Waals surface area contributed by atoms with Crippen molar-refractivity contribution in [1.29, 1.82) is 0 Å². The summed E-state index contributed by atoms with van der Waals surface area (Å²) in [5, 5.41) is 3.29. The van der Waals surface area contributed by atoms with Crippen molar-refractivity contribution < 1.29 is 17.8 Å². The number of benzene rings is 2. The number of nitrogens with one attached hydrogen (secondary N) is 1. The van der Waals surface area contributed by atoms with E-state index in [0.29, 0.717) is 22.4 Å². The van der Waals surface area contributed by atoms with E-state index in [0.717, 1.165) is 11.1 Å². The summed E-state index contributed by atoms with van der Waals surface area (Å²) in [5.41, 5.74) is 2.08. The quantitative estimate of drug-likeness (QED) is 0.626. The summed E-state index contributed by atoms with van der Waals surface area (Å²) in [5.74, 6) is 0.266. The van der Waals surface area contributed by atoms with Gasteiger partial charge in [0.05, 0.1) is 11.4 Å². The molecular formula is C20H18ClFN2O3S. The first kappa shape index (κ1) is 20.2. The van der Waals surface area contributed by atoms with Crippen molar-refractivity contribution in [2.45, 2.75) is 19.2 Å². The molecule has 28 heavy (non-hydrogen) atoms. The first-order valence-corrected chi connectivity index (χ1v) is 10.4. The molecule has 3 aromatic rings. The zero-order valence-corrected chi connectivity index (χ0v) is 16.6. The molecule has 1 heterocycles. The van der Waals surface area contributed by atoms with Gasteiger partial charge in [0.2, 0.25) is 11.8 Å². The Hall–Kier alpha value is -2.51. The van der Waals surface area contributed by atoms with Crippen LogP contribution in [0, 0.1) is 12.7 Å². The van der Waals surface area contributed by atoms with Gasteiger partial charge in [0.15, 0.2) is 0 Å². The third-order valence-corrected chi connectivity index (χ3v) is 5.41. The van der Waals surface area contributed by atoms with E-state index < -0.39 is 10.8 Å². The summed E-state index contributed by atoms with van der Waals surface area (Å²) < 4.78 is 30.8. The van der Waals surface area contributed by atoms with E-state index in [2.05, 4.69) is 10.3 Å². The van der Waals surface area contributed by atoms with E-state index in [9.17, 15) is 13.4 Å². The largest absolute Gasteiger partial charge is 0.441 e. The van der Waals surface area contributed by atoms with Crippen molar-refractivity contribution in [2.75, 3.05) is 5.75 Å². The summed E-state index contributed by atoms with van der Waals surface area (Å²) >= 11 is 5.88. The fourth-order valence-corrected chi connectivity index (χ4v) is 3.68. The van der Waals surface area contributed by atoms with Crippen LogP contribution in [0.5, 0.6) is 0 Å². The van der Waals surface area contributed by atoms with E-state index in [-0.39, 0.29) is 29.8 Å². The third kappa shape index (κ3) is 5.50. The van der Waals surface area contributed by atoms with E-state index in [1.165, 1.54) is 12.1 Å². The number of hydrogen-bond donors (Lipinski definition) is 1. The smallest absolute Gasteiger partial charge is 0.232 e. The first-order chi connectivity index (χ1) is 13.4. The number of carbonyl (C=O) groups excluding carboxylic acids is 1. The second kappa shape index (κ2) is 9.12. The topological polar surface area (TPSA) is 72.2 Å². The Balaban J connectivity index is 1.55. The number of rotatable bonds is 7. The zero-order chi connectivity index (χ0) is 20.1. The number of aryl methyl sites for hydroxylation is 1. The summed E-state index contributed by atoms with van der Waals surface area (Å²) in [6.45, 7) is 1.99. The average Bonchev–Trinajstić information content (AvgIpc) is 3.02. The number of halogens is 2. The maximum absolute atomic E-state index is 12.9. The molecule has 5 nitrogen and oxygen atoms in total. The fourth-order valence-electron chi connectivity index (χ4n) is 2.48. The normalized spacial score (nSPS) is 12.0. The molecule has 0 aliphatic carbocycles. The highest BCUT2D eigenvalue weighted by molar-refractivity contribution is 7.84. The molecule has 1 aromatic heterocycles. The maximum atomic E-state index is 12.9. The van der Waals surface area contributed by atoms with Crippen LogP contribution in [0.3, 0.4) is 0 Å². The molecule has 0 fully saturated rings. The lowest BCUT2D eigenvalue weighted by atomic mass is 10.2. The molecule has 0 bridgehead atoms. The minimum absolute atomic E-state index is 0.118. The monoisotopic (exact) mass is 420 g/mol. The van der Waals surface area contributed by atoms with Crippen LogP contribution in [0.25, 0.3) is 11.5 Å². The lowest BCUT2D eigenvalue weighted by Gasteiger charge is -2.05. The SMILES string of the molecule is Cc1oc(-c2ccc(Cl)cc2)nc1C[S@](=O)CC(=O)NCc1ccc(F)cc1. The third-order valence-electron chi connectivity index (χ3n) is 3.98. The Kier molecular flexibility index (Phi) is 6.59. The maximum Gasteiger partial charge on any atom is 0.232 e. The molecule has 1 N–H and O–H groups in total.